The number of ether oxygens (including phenoxy) is 1. The molecule has 7 nitrogen and oxygen atoms in total. The minimum atomic E-state index is -0.345. The third-order valence-electron chi connectivity index (χ3n) is 5.48. The van der Waals surface area contributed by atoms with Gasteiger partial charge in [-0.2, -0.15) is 0 Å². The number of aryl methyl sites for hydroxylation is 1. The number of fused-ring (bicyclic) bond motifs is 1. The first-order valence-corrected chi connectivity index (χ1v) is 10.3. The van der Waals surface area contributed by atoms with Crippen LogP contribution in [0.25, 0.3) is 0 Å². The first kappa shape index (κ1) is 19.9. The van der Waals surface area contributed by atoms with E-state index in [-0.39, 0.29) is 30.4 Å². The Morgan fingerprint density at radius 1 is 1.07 bits per heavy atom. The standard InChI is InChI=1S/C23H25N3O4/c27-21-12-9-15-13-17(10-11-19(15)25-21)30-14-22(28)26-20-8-4-3-7-18(20)23(29)24-16-5-1-2-6-16/h3-4,7-8,10-11,13,16H,1-2,5-6,9,12,14H2,(H,24,29)(H,25,27)(H,26,28). The summed E-state index contributed by atoms with van der Waals surface area (Å²) in [6, 6.07) is 12.5. The molecule has 2 aliphatic rings. The Labute approximate surface area is 175 Å². The van der Waals surface area contributed by atoms with Crippen molar-refractivity contribution in [3.8, 4) is 5.75 Å². The Morgan fingerprint density at radius 3 is 2.70 bits per heavy atom. The molecular weight excluding hydrogens is 382 g/mol. The molecule has 0 atom stereocenters. The number of nitrogens with one attached hydrogen (secondary N) is 3. The van der Waals surface area contributed by atoms with E-state index in [1.54, 1.807) is 36.4 Å². The second-order valence-electron chi connectivity index (χ2n) is 7.70. The Balaban J connectivity index is 1.35. The highest BCUT2D eigenvalue weighted by Crippen LogP contribution is 2.27. The maximum absolute atomic E-state index is 12.6. The molecule has 156 valence electrons. The Bertz CT molecular complexity index is 967. The molecule has 1 heterocycles. The third-order valence-corrected chi connectivity index (χ3v) is 5.48. The first-order valence-electron chi connectivity index (χ1n) is 10.3. The van der Waals surface area contributed by atoms with Gasteiger partial charge in [-0.25, -0.2) is 0 Å². The van der Waals surface area contributed by atoms with Crippen molar-refractivity contribution in [1.29, 1.82) is 0 Å². The predicted molar refractivity (Wildman–Crippen MR) is 114 cm³/mol. The van der Waals surface area contributed by atoms with Crippen LogP contribution in [0.15, 0.2) is 42.5 Å². The van der Waals surface area contributed by atoms with Crippen LogP contribution in [-0.4, -0.2) is 30.4 Å². The summed E-state index contributed by atoms with van der Waals surface area (Å²) in [4.78, 5) is 36.5. The maximum Gasteiger partial charge on any atom is 0.262 e. The summed E-state index contributed by atoms with van der Waals surface area (Å²) in [5.41, 5.74) is 2.68. The van der Waals surface area contributed by atoms with Gasteiger partial charge in [0.25, 0.3) is 11.8 Å². The summed E-state index contributed by atoms with van der Waals surface area (Å²) in [6.07, 6.45) is 5.35. The van der Waals surface area contributed by atoms with Crippen molar-refractivity contribution in [1.82, 2.24) is 5.32 Å². The molecule has 4 rings (SSSR count). The molecule has 30 heavy (non-hydrogen) atoms. The van der Waals surface area contributed by atoms with Crippen LogP contribution in [0.3, 0.4) is 0 Å². The number of hydrogen-bond acceptors (Lipinski definition) is 4. The van der Waals surface area contributed by atoms with E-state index in [9.17, 15) is 14.4 Å². The number of carbonyl (C=O) groups is 3. The molecule has 7 heteroatoms. The third kappa shape index (κ3) is 4.79. The zero-order valence-corrected chi connectivity index (χ0v) is 16.7. The van der Waals surface area contributed by atoms with Crippen molar-refractivity contribution in [2.45, 2.75) is 44.6 Å². The molecule has 1 aliphatic carbocycles. The van der Waals surface area contributed by atoms with E-state index in [0.717, 1.165) is 36.9 Å². The Hall–Kier alpha value is -3.35. The molecule has 2 aromatic carbocycles. The van der Waals surface area contributed by atoms with Gasteiger partial charge in [0.15, 0.2) is 6.61 Å². The fraction of sp³-hybridized carbons (Fsp3) is 0.348. The maximum atomic E-state index is 12.6. The highest BCUT2D eigenvalue weighted by molar-refractivity contribution is 6.04. The Kier molecular flexibility index (Phi) is 5.97. The quantitative estimate of drug-likeness (QED) is 0.685. The predicted octanol–water partition coefficient (Wildman–Crippen LogP) is 3.26. The largest absolute Gasteiger partial charge is 0.484 e. The number of amides is 3. The van der Waals surface area contributed by atoms with Gasteiger partial charge in [-0.1, -0.05) is 25.0 Å². The SMILES string of the molecule is O=C1CCc2cc(OCC(=O)Nc3ccccc3C(=O)NC3CCCC3)ccc2N1. The molecule has 3 amide bonds. The smallest absolute Gasteiger partial charge is 0.262 e. The molecule has 0 saturated heterocycles. The summed E-state index contributed by atoms with van der Waals surface area (Å²) >= 11 is 0. The number of anilines is 2. The van der Waals surface area contributed by atoms with Crippen LogP contribution in [0.1, 0.15) is 48.0 Å². The lowest BCUT2D eigenvalue weighted by molar-refractivity contribution is -0.118. The second-order valence-corrected chi connectivity index (χ2v) is 7.70. The van der Waals surface area contributed by atoms with E-state index in [0.29, 0.717) is 29.8 Å². The van der Waals surface area contributed by atoms with Crippen molar-refractivity contribution in [2.75, 3.05) is 17.2 Å². The molecule has 2 aromatic rings. The van der Waals surface area contributed by atoms with Gasteiger partial charge in [0.1, 0.15) is 5.75 Å². The van der Waals surface area contributed by atoms with Gasteiger partial charge in [-0.05, 0) is 55.2 Å². The van der Waals surface area contributed by atoms with Crippen molar-refractivity contribution in [3.63, 3.8) is 0 Å². The summed E-state index contributed by atoms with van der Waals surface area (Å²) in [7, 11) is 0. The number of para-hydroxylation sites is 1. The van der Waals surface area contributed by atoms with Crippen molar-refractivity contribution >= 4 is 29.1 Å². The molecule has 0 radical (unpaired) electrons. The average Bonchev–Trinajstić information content (AvgIpc) is 3.25. The van der Waals surface area contributed by atoms with Crippen molar-refractivity contribution in [2.24, 2.45) is 0 Å². The summed E-state index contributed by atoms with van der Waals surface area (Å²) in [5, 5.41) is 8.64. The molecule has 0 spiro atoms. The fourth-order valence-corrected chi connectivity index (χ4v) is 3.91. The topological polar surface area (TPSA) is 96.5 Å². The van der Waals surface area contributed by atoms with E-state index in [4.69, 9.17) is 4.74 Å². The second kappa shape index (κ2) is 8.98. The molecule has 0 aromatic heterocycles. The lowest BCUT2D eigenvalue weighted by atomic mass is 10.0. The van der Waals surface area contributed by atoms with Crippen LogP contribution < -0.4 is 20.7 Å². The lowest BCUT2D eigenvalue weighted by Crippen LogP contribution is -2.33. The minimum Gasteiger partial charge on any atom is -0.484 e. The van der Waals surface area contributed by atoms with E-state index in [1.807, 2.05) is 6.07 Å². The van der Waals surface area contributed by atoms with E-state index < -0.39 is 0 Å². The van der Waals surface area contributed by atoms with Crippen LogP contribution in [0.5, 0.6) is 5.75 Å². The van der Waals surface area contributed by atoms with Crippen LogP contribution in [0.2, 0.25) is 0 Å². The van der Waals surface area contributed by atoms with Gasteiger partial charge < -0.3 is 20.7 Å². The molecule has 0 bridgehead atoms. The van der Waals surface area contributed by atoms with Gasteiger partial charge >= 0.3 is 0 Å². The van der Waals surface area contributed by atoms with Crippen molar-refractivity contribution < 1.29 is 19.1 Å². The minimum absolute atomic E-state index is 0.00572. The zero-order valence-electron chi connectivity index (χ0n) is 16.7. The highest BCUT2D eigenvalue weighted by Gasteiger charge is 2.20. The van der Waals surface area contributed by atoms with Crippen LogP contribution >= 0.6 is 0 Å². The zero-order chi connectivity index (χ0) is 20.9. The van der Waals surface area contributed by atoms with E-state index in [1.165, 1.54) is 0 Å². The van der Waals surface area contributed by atoms with E-state index in [2.05, 4.69) is 16.0 Å². The number of carbonyl (C=O) groups excluding carboxylic acids is 3. The fourth-order valence-electron chi connectivity index (χ4n) is 3.91. The van der Waals surface area contributed by atoms with Crippen LogP contribution in [-0.2, 0) is 16.0 Å². The van der Waals surface area contributed by atoms with Gasteiger partial charge in [-0.15, -0.1) is 0 Å². The van der Waals surface area contributed by atoms with Crippen LogP contribution in [0.4, 0.5) is 11.4 Å². The molecular formula is C23H25N3O4. The summed E-state index contributed by atoms with van der Waals surface area (Å²) in [6.45, 7) is -0.177. The first-order chi connectivity index (χ1) is 14.6. The van der Waals surface area contributed by atoms with Gasteiger partial charge in [0.05, 0.1) is 11.3 Å². The molecule has 3 N–H and O–H groups in total. The molecule has 1 saturated carbocycles. The number of benzene rings is 2. The molecule has 0 unspecified atom stereocenters. The normalized spacial score (nSPS) is 15.8. The number of hydrogen-bond donors (Lipinski definition) is 3. The molecule has 1 fully saturated rings. The molecule has 1 aliphatic heterocycles. The summed E-state index contributed by atoms with van der Waals surface area (Å²) < 4.78 is 5.62. The van der Waals surface area contributed by atoms with Crippen molar-refractivity contribution in [3.05, 3.63) is 53.6 Å². The van der Waals surface area contributed by atoms with Gasteiger partial charge in [-0.3, -0.25) is 14.4 Å². The van der Waals surface area contributed by atoms with E-state index >= 15 is 0 Å². The monoisotopic (exact) mass is 407 g/mol. The Morgan fingerprint density at radius 2 is 1.87 bits per heavy atom. The van der Waals surface area contributed by atoms with Gasteiger partial charge in [0.2, 0.25) is 5.91 Å². The lowest BCUT2D eigenvalue weighted by Gasteiger charge is -2.18. The number of rotatable bonds is 6. The summed E-state index contributed by atoms with van der Waals surface area (Å²) in [5.74, 6) is 0.0519. The van der Waals surface area contributed by atoms with Gasteiger partial charge in [0, 0.05) is 18.2 Å². The van der Waals surface area contributed by atoms with Crippen LogP contribution in [0, 0.1) is 0 Å². The average molecular weight is 407 g/mol. The highest BCUT2D eigenvalue weighted by atomic mass is 16.5.